The molecule has 0 saturated carbocycles. The van der Waals surface area contributed by atoms with Gasteiger partial charge in [0.15, 0.2) is 12.4 Å². The molecule has 0 unspecified atom stereocenters. The van der Waals surface area contributed by atoms with Crippen LogP contribution in [0.5, 0.6) is 5.75 Å². The number of nitrogens with zero attached hydrogens (tertiary/aromatic N) is 1. The first-order valence-electron chi connectivity index (χ1n) is 7.11. The van der Waals surface area contributed by atoms with Crippen LogP contribution in [0.3, 0.4) is 0 Å². The first kappa shape index (κ1) is 15.0. The molecule has 23 heavy (non-hydrogen) atoms. The van der Waals surface area contributed by atoms with Crippen molar-refractivity contribution in [2.24, 2.45) is 0 Å². The number of fused-ring (bicyclic) bond motifs is 1. The van der Waals surface area contributed by atoms with Crippen molar-refractivity contribution in [3.8, 4) is 5.75 Å². The smallest absolute Gasteiger partial charge is 0.264 e. The number of hydrogen-bond donors (Lipinski definition) is 1. The monoisotopic (exact) mass is 314 g/mol. The number of nitrogens with one attached hydrogen (secondary N) is 1. The lowest BCUT2D eigenvalue weighted by molar-refractivity contribution is -0.121. The normalized spacial score (nSPS) is 13.3. The summed E-state index contributed by atoms with van der Waals surface area (Å²) in [6, 6.07) is 11.0. The number of para-hydroxylation sites is 1. The minimum Gasteiger partial charge on any atom is -0.481 e. The Labute approximate surface area is 132 Å². The number of amides is 2. The summed E-state index contributed by atoms with van der Waals surface area (Å²) < 4.78 is 18.3. The van der Waals surface area contributed by atoms with Gasteiger partial charge in [-0.2, -0.15) is 0 Å². The second-order valence-corrected chi connectivity index (χ2v) is 5.20. The van der Waals surface area contributed by atoms with Crippen molar-refractivity contribution in [2.45, 2.75) is 6.54 Å². The van der Waals surface area contributed by atoms with Gasteiger partial charge >= 0.3 is 0 Å². The average molecular weight is 314 g/mol. The van der Waals surface area contributed by atoms with E-state index in [1.165, 1.54) is 17.0 Å². The maximum absolute atomic E-state index is 12.9. The van der Waals surface area contributed by atoms with Crippen LogP contribution in [0.25, 0.3) is 0 Å². The molecule has 6 heteroatoms. The number of rotatable bonds is 3. The van der Waals surface area contributed by atoms with Gasteiger partial charge in [0, 0.05) is 13.6 Å². The molecule has 0 atom stereocenters. The van der Waals surface area contributed by atoms with Gasteiger partial charge in [-0.3, -0.25) is 9.59 Å². The van der Waals surface area contributed by atoms with Crippen LogP contribution in [-0.2, 0) is 11.3 Å². The predicted octanol–water partition coefficient (Wildman–Crippen LogP) is 2.11. The molecule has 118 valence electrons. The number of halogens is 1. The second kappa shape index (κ2) is 6.08. The van der Waals surface area contributed by atoms with E-state index in [0.29, 0.717) is 17.0 Å². The van der Waals surface area contributed by atoms with Gasteiger partial charge in [-0.1, -0.05) is 18.2 Å². The molecule has 0 bridgehead atoms. The van der Waals surface area contributed by atoms with Crippen LogP contribution in [0.15, 0.2) is 42.5 Å². The third kappa shape index (κ3) is 3.01. The largest absolute Gasteiger partial charge is 0.481 e. The Kier molecular flexibility index (Phi) is 3.97. The molecular weight excluding hydrogens is 299 g/mol. The van der Waals surface area contributed by atoms with Gasteiger partial charge in [-0.15, -0.1) is 0 Å². The zero-order chi connectivity index (χ0) is 16.4. The molecule has 2 amide bonds. The average Bonchev–Trinajstić information content (AvgIpc) is 2.57. The molecule has 0 aliphatic carbocycles. The number of anilines is 1. The van der Waals surface area contributed by atoms with E-state index >= 15 is 0 Å². The first-order valence-corrected chi connectivity index (χ1v) is 7.11. The molecule has 2 aromatic rings. The number of ether oxygens (including phenoxy) is 1. The first-order chi connectivity index (χ1) is 11.1. The van der Waals surface area contributed by atoms with Crippen LogP contribution >= 0.6 is 0 Å². The van der Waals surface area contributed by atoms with Crippen molar-refractivity contribution in [3.05, 3.63) is 59.4 Å². The highest BCUT2D eigenvalue weighted by Crippen LogP contribution is 2.34. The molecule has 1 N–H and O–H groups in total. The lowest BCUT2D eigenvalue weighted by Crippen LogP contribution is -2.36. The lowest BCUT2D eigenvalue weighted by Gasteiger charge is -2.27. The van der Waals surface area contributed by atoms with E-state index in [9.17, 15) is 14.0 Å². The number of hydrogen-bond acceptors (Lipinski definition) is 3. The number of benzene rings is 2. The third-order valence-corrected chi connectivity index (χ3v) is 3.68. The molecular formula is C17H15FN2O3. The Balaban J connectivity index is 1.78. The maximum atomic E-state index is 12.9. The summed E-state index contributed by atoms with van der Waals surface area (Å²) in [6.45, 7) is 0.184. The summed E-state index contributed by atoms with van der Waals surface area (Å²) >= 11 is 0. The SMILES string of the molecule is CN1C(=O)COc2c(C(=O)NCc3ccc(F)cc3)cccc21. The fourth-order valence-electron chi connectivity index (χ4n) is 2.36. The molecule has 0 saturated heterocycles. The second-order valence-electron chi connectivity index (χ2n) is 5.20. The van der Waals surface area contributed by atoms with E-state index in [1.54, 1.807) is 37.4 Å². The van der Waals surface area contributed by atoms with Gasteiger partial charge in [0.1, 0.15) is 5.82 Å². The summed E-state index contributed by atoms with van der Waals surface area (Å²) in [6.07, 6.45) is 0. The van der Waals surface area contributed by atoms with E-state index < -0.39 is 0 Å². The van der Waals surface area contributed by atoms with Crippen molar-refractivity contribution in [1.82, 2.24) is 5.32 Å². The van der Waals surface area contributed by atoms with Crippen molar-refractivity contribution in [1.29, 1.82) is 0 Å². The van der Waals surface area contributed by atoms with Crippen LogP contribution in [0, 0.1) is 5.82 Å². The molecule has 5 nitrogen and oxygen atoms in total. The highest BCUT2D eigenvalue weighted by atomic mass is 19.1. The van der Waals surface area contributed by atoms with E-state index in [0.717, 1.165) is 5.56 Å². The van der Waals surface area contributed by atoms with Gasteiger partial charge in [0.2, 0.25) is 0 Å². The molecule has 1 heterocycles. The fraction of sp³-hybridized carbons (Fsp3) is 0.176. The Morgan fingerprint density at radius 2 is 2.00 bits per heavy atom. The third-order valence-electron chi connectivity index (χ3n) is 3.68. The minimum absolute atomic E-state index is 0.0915. The van der Waals surface area contributed by atoms with Gasteiger partial charge in [0.05, 0.1) is 11.3 Å². The highest BCUT2D eigenvalue weighted by Gasteiger charge is 2.26. The summed E-state index contributed by atoms with van der Waals surface area (Å²) in [5.41, 5.74) is 1.72. The minimum atomic E-state index is -0.321. The number of carbonyl (C=O) groups is 2. The number of likely N-dealkylation sites (N-methyl/N-ethyl adjacent to an activating group) is 1. The van der Waals surface area contributed by atoms with Gasteiger partial charge in [-0.05, 0) is 29.8 Å². The predicted molar refractivity (Wildman–Crippen MR) is 82.9 cm³/mol. The summed E-state index contributed by atoms with van der Waals surface area (Å²) in [4.78, 5) is 25.5. The Bertz CT molecular complexity index is 759. The van der Waals surface area contributed by atoms with Crippen molar-refractivity contribution >= 4 is 17.5 Å². The van der Waals surface area contributed by atoms with E-state index in [1.807, 2.05) is 0 Å². The Morgan fingerprint density at radius 1 is 1.26 bits per heavy atom. The van der Waals surface area contributed by atoms with E-state index in [4.69, 9.17) is 4.74 Å². The highest BCUT2D eigenvalue weighted by molar-refractivity contribution is 6.03. The lowest BCUT2D eigenvalue weighted by atomic mass is 10.1. The van der Waals surface area contributed by atoms with Crippen LogP contribution in [-0.4, -0.2) is 25.5 Å². The fourth-order valence-corrected chi connectivity index (χ4v) is 2.36. The van der Waals surface area contributed by atoms with Crippen LogP contribution in [0.1, 0.15) is 15.9 Å². The molecule has 0 aromatic heterocycles. The van der Waals surface area contributed by atoms with Crippen molar-refractivity contribution in [3.63, 3.8) is 0 Å². The summed E-state index contributed by atoms with van der Waals surface area (Å²) in [7, 11) is 1.64. The molecule has 0 radical (unpaired) electrons. The van der Waals surface area contributed by atoms with Gasteiger partial charge < -0.3 is 15.0 Å². The van der Waals surface area contributed by atoms with Crippen LogP contribution < -0.4 is 15.0 Å². The zero-order valence-electron chi connectivity index (χ0n) is 12.5. The maximum Gasteiger partial charge on any atom is 0.264 e. The molecule has 1 aliphatic heterocycles. The molecule has 0 spiro atoms. The topological polar surface area (TPSA) is 58.6 Å². The molecule has 3 rings (SSSR count). The van der Waals surface area contributed by atoms with E-state index in [2.05, 4.69) is 5.32 Å². The van der Waals surface area contributed by atoms with Crippen LogP contribution in [0.4, 0.5) is 10.1 Å². The van der Waals surface area contributed by atoms with E-state index in [-0.39, 0.29) is 30.8 Å². The Hall–Kier alpha value is -2.89. The van der Waals surface area contributed by atoms with Crippen LogP contribution in [0.2, 0.25) is 0 Å². The van der Waals surface area contributed by atoms with Gasteiger partial charge in [0.25, 0.3) is 11.8 Å². The standard InChI is InChI=1S/C17H15FN2O3/c1-20-14-4-2-3-13(16(14)23-10-15(20)21)17(22)19-9-11-5-7-12(18)8-6-11/h2-8H,9-10H2,1H3,(H,19,22). The quantitative estimate of drug-likeness (QED) is 0.944. The summed E-state index contributed by atoms with van der Waals surface area (Å²) in [5, 5.41) is 2.77. The molecule has 1 aliphatic rings. The molecule has 0 fully saturated rings. The van der Waals surface area contributed by atoms with Crippen molar-refractivity contribution in [2.75, 3.05) is 18.6 Å². The van der Waals surface area contributed by atoms with Crippen molar-refractivity contribution < 1.29 is 18.7 Å². The molecule has 2 aromatic carbocycles. The Morgan fingerprint density at radius 3 is 2.74 bits per heavy atom. The number of carbonyl (C=O) groups excluding carboxylic acids is 2. The summed E-state index contributed by atoms with van der Waals surface area (Å²) in [5.74, 6) is -0.403. The van der Waals surface area contributed by atoms with Gasteiger partial charge in [-0.25, -0.2) is 4.39 Å². The zero-order valence-corrected chi connectivity index (χ0v) is 12.5.